The normalized spacial score (nSPS) is 13.6. The molecule has 0 aromatic carbocycles. The molecule has 0 bridgehead atoms. The summed E-state index contributed by atoms with van der Waals surface area (Å²) < 4.78 is 34.6. The van der Waals surface area contributed by atoms with Gasteiger partial charge in [-0.05, 0) is 77.0 Å². The first-order chi connectivity index (χ1) is 35.0. The van der Waals surface area contributed by atoms with E-state index in [1.807, 2.05) is 21.1 Å². The maximum absolute atomic E-state index is 12.8. The molecule has 0 spiro atoms. The Morgan fingerprint density at radius 3 is 1.12 bits per heavy atom. The zero-order valence-corrected chi connectivity index (χ0v) is 48.8. The van der Waals surface area contributed by atoms with Crippen LogP contribution in [0, 0.1) is 0 Å². The maximum atomic E-state index is 12.8. The first kappa shape index (κ1) is 70.0. The van der Waals surface area contributed by atoms with Crippen LogP contribution in [0.3, 0.4) is 0 Å². The van der Waals surface area contributed by atoms with Gasteiger partial charge in [0.2, 0.25) is 0 Å². The van der Waals surface area contributed by atoms with E-state index in [0.29, 0.717) is 17.4 Å². The molecule has 0 amide bonds. The van der Waals surface area contributed by atoms with E-state index in [0.717, 1.165) is 51.4 Å². The molecular formula is C62H117NO8P+. The van der Waals surface area contributed by atoms with Crippen LogP contribution >= 0.6 is 7.82 Å². The van der Waals surface area contributed by atoms with Crippen molar-refractivity contribution in [1.29, 1.82) is 0 Å². The summed E-state index contributed by atoms with van der Waals surface area (Å²) in [5, 5.41) is 0. The largest absolute Gasteiger partial charge is 0.472 e. The third kappa shape index (κ3) is 57.3. The third-order valence-electron chi connectivity index (χ3n) is 13.3. The molecule has 0 rings (SSSR count). The summed E-state index contributed by atoms with van der Waals surface area (Å²) >= 11 is 0. The molecule has 0 aliphatic rings. The van der Waals surface area contributed by atoms with Crippen molar-refractivity contribution in [2.45, 2.75) is 290 Å². The fourth-order valence-corrected chi connectivity index (χ4v) is 9.35. The Morgan fingerprint density at radius 1 is 0.431 bits per heavy atom. The maximum Gasteiger partial charge on any atom is 0.472 e. The lowest BCUT2D eigenvalue weighted by atomic mass is 10.0. The van der Waals surface area contributed by atoms with Gasteiger partial charge in [0, 0.05) is 12.8 Å². The molecule has 0 aromatic rings. The van der Waals surface area contributed by atoms with E-state index in [-0.39, 0.29) is 32.0 Å². The monoisotopic (exact) mass is 1030 g/mol. The molecule has 1 N–H and O–H groups in total. The minimum Gasteiger partial charge on any atom is -0.462 e. The number of quaternary nitrogens is 1. The molecule has 0 radical (unpaired) electrons. The number of carbonyl (C=O) groups excluding carboxylic acids is 2. The molecular weight excluding hydrogens is 918 g/mol. The lowest BCUT2D eigenvalue weighted by Crippen LogP contribution is -2.37. The van der Waals surface area contributed by atoms with E-state index in [1.165, 1.54) is 199 Å². The first-order valence-electron chi connectivity index (χ1n) is 30.4. The molecule has 2 unspecified atom stereocenters. The van der Waals surface area contributed by atoms with Crippen LogP contribution in [0.1, 0.15) is 284 Å². The van der Waals surface area contributed by atoms with Crippen molar-refractivity contribution in [2.75, 3.05) is 47.5 Å². The van der Waals surface area contributed by atoms with Crippen molar-refractivity contribution in [1.82, 2.24) is 0 Å². The predicted octanol–water partition coefficient (Wildman–Crippen LogP) is 18.9. The van der Waals surface area contributed by atoms with Crippen LogP contribution in [0.4, 0.5) is 0 Å². The second-order valence-electron chi connectivity index (χ2n) is 21.7. The van der Waals surface area contributed by atoms with Crippen molar-refractivity contribution in [3.63, 3.8) is 0 Å². The summed E-state index contributed by atoms with van der Waals surface area (Å²) in [6, 6.07) is 0. The van der Waals surface area contributed by atoms with Gasteiger partial charge in [-0.1, -0.05) is 242 Å². The van der Waals surface area contributed by atoms with Crippen molar-refractivity contribution in [2.24, 2.45) is 0 Å². The van der Waals surface area contributed by atoms with Crippen LogP contribution in [0.15, 0.2) is 48.6 Å². The number of phosphoric ester groups is 1. The molecule has 0 saturated heterocycles. The van der Waals surface area contributed by atoms with E-state index < -0.39 is 26.5 Å². The number of ether oxygens (including phenoxy) is 2. The second-order valence-corrected chi connectivity index (χ2v) is 23.2. The van der Waals surface area contributed by atoms with E-state index >= 15 is 0 Å². The molecule has 72 heavy (non-hydrogen) atoms. The summed E-state index contributed by atoms with van der Waals surface area (Å²) in [7, 11) is 1.48. The fraction of sp³-hybridized carbons (Fsp3) is 0.839. The van der Waals surface area contributed by atoms with Gasteiger partial charge in [-0.2, -0.15) is 0 Å². The molecule has 0 aliphatic heterocycles. The van der Waals surface area contributed by atoms with Gasteiger partial charge in [0.25, 0.3) is 0 Å². The zero-order valence-electron chi connectivity index (χ0n) is 47.9. The van der Waals surface area contributed by atoms with Gasteiger partial charge in [0.1, 0.15) is 19.8 Å². The van der Waals surface area contributed by atoms with Crippen molar-refractivity contribution >= 4 is 19.8 Å². The smallest absolute Gasteiger partial charge is 0.462 e. The lowest BCUT2D eigenvalue weighted by Gasteiger charge is -2.24. The summed E-state index contributed by atoms with van der Waals surface area (Å²) in [5.74, 6) is -0.793. The Kier molecular flexibility index (Phi) is 52.3. The highest BCUT2D eigenvalue weighted by Gasteiger charge is 2.27. The molecule has 0 aliphatic carbocycles. The van der Waals surface area contributed by atoms with E-state index in [4.69, 9.17) is 18.5 Å². The van der Waals surface area contributed by atoms with Crippen LogP contribution in [-0.4, -0.2) is 74.9 Å². The Morgan fingerprint density at radius 2 is 0.750 bits per heavy atom. The Bertz CT molecular complexity index is 1360. The topological polar surface area (TPSA) is 108 Å². The Hall–Kier alpha value is -2.03. The molecule has 422 valence electrons. The van der Waals surface area contributed by atoms with Crippen LogP contribution in [-0.2, 0) is 32.7 Å². The Labute approximate surface area is 445 Å². The number of allylic oxidation sites excluding steroid dienone is 8. The predicted molar refractivity (Wildman–Crippen MR) is 307 cm³/mol. The average molecular weight is 1040 g/mol. The van der Waals surface area contributed by atoms with Crippen molar-refractivity contribution < 1.29 is 42.1 Å². The third-order valence-corrected chi connectivity index (χ3v) is 14.3. The minimum atomic E-state index is -4.39. The number of rotatable bonds is 56. The van der Waals surface area contributed by atoms with E-state index in [9.17, 15) is 19.0 Å². The van der Waals surface area contributed by atoms with E-state index in [1.54, 1.807) is 0 Å². The standard InChI is InChI=1S/C62H116NO8P/c1-6-8-10-12-14-16-18-20-22-24-26-28-30-31-33-35-37-39-41-43-45-47-49-51-53-55-62(65)71-60(59-70-72(66,67)69-57-56-63(3,4)5)58-68-61(64)54-52-50-48-46-44-42-40-38-36-34-32-29-27-25-23-21-19-17-15-13-11-9-7-2/h18,20,24-27,30-31,60H,6-17,19,21-23,28-29,32-59H2,1-5H3/p+1/b20-18-,26-24-,27-25-,31-30-. The molecule has 0 fully saturated rings. The fourth-order valence-electron chi connectivity index (χ4n) is 8.61. The van der Waals surface area contributed by atoms with Crippen molar-refractivity contribution in [3.05, 3.63) is 48.6 Å². The number of carbonyl (C=O) groups is 2. The second kappa shape index (κ2) is 53.8. The number of nitrogens with zero attached hydrogens (tertiary/aromatic N) is 1. The van der Waals surface area contributed by atoms with Crippen LogP contribution in [0.2, 0.25) is 0 Å². The number of unbranched alkanes of at least 4 members (excludes halogenated alkanes) is 34. The minimum absolute atomic E-state index is 0.0306. The summed E-state index contributed by atoms with van der Waals surface area (Å²) in [6.07, 6.45) is 67.5. The van der Waals surface area contributed by atoms with E-state index in [2.05, 4.69) is 62.5 Å². The number of esters is 2. The molecule has 9 nitrogen and oxygen atoms in total. The zero-order chi connectivity index (χ0) is 52.7. The summed E-state index contributed by atoms with van der Waals surface area (Å²) in [4.78, 5) is 35.7. The van der Waals surface area contributed by atoms with Crippen LogP contribution < -0.4 is 0 Å². The highest BCUT2D eigenvalue weighted by molar-refractivity contribution is 7.47. The number of phosphoric acid groups is 1. The number of hydrogen-bond acceptors (Lipinski definition) is 7. The highest BCUT2D eigenvalue weighted by atomic mass is 31.2. The van der Waals surface area contributed by atoms with Crippen LogP contribution in [0.5, 0.6) is 0 Å². The average Bonchev–Trinajstić information content (AvgIpc) is 3.34. The summed E-state index contributed by atoms with van der Waals surface area (Å²) in [6.45, 7) is 4.45. The van der Waals surface area contributed by atoms with Gasteiger partial charge < -0.3 is 18.9 Å². The number of likely N-dealkylation sites (N-methyl/N-ethyl adjacent to an activating group) is 1. The molecule has 10 heteroatoms. The van der Waals surface area contributed by atoms with Gasteiger partial charge in [-0.25, -0.2) is 4.57 Å². The molecule has 0 saturated carbocycles. The molecule has 2 atom stereocenters. The van der Waals surface area contributed by atoms with Gasteiger partial charge in [0.15, 0.2) is 6.10 Å². The lowest BCUT2D eigenvalue weighted by molar-refractivity contribution is -0.870. The SMILES string of the molecule is CCCCCCC/C=C\C/C=C\C/C=C\CCCCCCCCCCCCC(=O)OC(COC(=O)CCCCCCCCCCCCC/C=C\CCCCCCCCCC)COP(=O)(O)OCC[N+](C)(C)C. The van der Waals surface area contributed by atoms with Gasteiger partial charge in [-0.15, -0.1) is 0 Å². The Balaban J connectivity index is 4.15. The van der Waals surface area contributed by atoms with Crippen molar-refractivity contribution in [3.8, 4) is 0 Å². The number of hydrogen-bond donors (Lipinski definition) is 1. The van der Waals surface area contributed by atoms with Gasteiger partial charge >= 0.3 is 19.8 Å². The first-order valence-corrected chi connectivity index (χ1v) is 31.9. The van der Waals surface area contributed by atoms with Gasteiger partial charge in [-0.3, -0.25) is 18.6 Å². The quantitative estimate of drug-likeness (QED) is 0.0211. The van der Waals surface area contributed by atoms with Crippen LogP contribution in [0.25, 0.3) is 0 Å². The summed E-state index contributed by atoms with van der Waals surface area (Å²) in [5.41, 5.74) is 0. The van der Waals surface area contributed by atoms with Gasteiger partial charge in [0.05, 0.1) is 27.7 Å². The molecule has 0 aromatic heterocycles. The highest BCUT2D eigenvalue weighted by Crippen LogP contribution is 2.43. The molecule has 0 heterocycles.